The monoisotopic (exact) mass is 470 g/mol. The summed E-state index contributed by atoms with van der Waals surface area (Å²) in [6.45, 7) is 2.48. The molecule has 0 N–H and O–H groups in total. The summed E-state index contributed by atoms with van der Waals surface area (Å²) in [6.07, 6.45) is 0.752. The predicted octanol–water partition coefficient (Wildman–Crippen LogP) is 3.63. The molecule has 3 aromatic carbocycles. The number of para-hydroxylation sites is 1. The Bertz CT molecular complexity index is 1350. The van der Waals surface area contributed by atoms with Gasteiger partial charge in [0.15, 0.2) is 6.61 Å². The van der Waals surface area contributed by atoms with Crippen molar-refractivity contribution in [3.8, 4) is 5.75 Å². The van der Waals surface area contributed by atoms with E-state index >= 15 is 0 Å². The minimum Gasteiger partial charge on any atom is -0.494 e. The Balaban J connectivity index is 1.28. The fourth-order valence-electron chi connectivity index (χ4n) is 4.35. The smallest absolute Gasteiger partial charge is 0.338 e. The van der Waals surface area contributed by atoms with Crippen LogP contribution < -0.4 is 14.5 Å². The van der Waals surface area contributed by atoms with E-state index in [1.165, 1.54) is 18.2 Å². The van der Waals surface area contributed by atoms with Gasteiger partial charge in [-0.25, -0.2) is 9.69 Å². The maximum absolute atomic E-state index is 13.0. The molecule has 3 aromatic rings. The maximum Gasteiger partial charge on any atom is 0.338 e. The highest BCUT2D eigenvalue weighted by Crippen LogP contribution is 2.31. The fraction of sp³-hybridized carbons (Fsp3) is 0.185. The fourth-order valence-corrected chi connectivity index (χ4v) is 4.35. The Morgan fingerprint density at radius 2 is 1.66 bits per heavy atom. The molecular formula is C27H22N2O6. The zero-order chi connectivity index (χ0) is 24.5. The molecule has 0 spiro atoms. The van der Waals surface area contributed by atoms with Crippen molar-refractivity contribution in [2.24, 2.45) is 0 Å². The number of benzene rings is 3. The van der Waals surface area contributed by atoms with Crippen LogP contribution in [0.25, 0.3) is 0 Å². The van der Waals surface area contributed by atoms with Gasteiger partial charge in [0.05, 0.1) is 29.0 Å². The number of hydrogen-bond donors (Lipinski definition) is 0. The normalized spacial score (nSPS) is 14.1. The standard InChI is InChI=1S/C27H22N2O6/c1-2-34-20-10-8-19(9-11-20)29-25(31)21-12-7-18(15-22(21)26(29)32)27(33)35-16-24(30)28-14-13-17-5-3-4-6-23(17)28/h3-12,15H,2,13-14,16H2,1H3. The summed E-state index contributed by atoms with van der Waals surface area (Å²) in [6, 6.07) is 18.4. The molecule has 176 valence electrons. The van der Waals surface area contributed by atoms with E-state index in [2.05, 4.69) is 0 Å². The molecule has 0 saturated carbocycles. The summed E-state index contributed by atoms with van der Waals surface area (Å²) in [5.41, 5.74) is 2.70. The zero-order valence-corrected chi connectivity index (χ0v) is 19.0. The Morgan fingerprint density at radius 1 is 0.914 bits per heavy atom. The van der Waals surface area contributed by atoms with Crippen molar-refractivity contribution in [3.63, 3.8) is 0 Å². The third-order valence-corrected chi connectivity index (χ3v) is 6.04. The molecule has 0 radical (unpaired) electrons. The second kappa shape index (κ2) is 9.06. The number of carbonyl (C=O) groups excluding carboxylic acids is 4. The van der Waals surface area contributed by atoms with Crippen LogP contribution in [-0.2, 0) is 16.0 Å². The van der Waals surface area contributed by atoms with Gasteiger partial charge in [-0.15, -0.1) is 0 Å². The van der Waals surface area contributed by atoms with E-state index in [0.717, 1.165) is 22.6 Å². The highest BCUT2D eigenvalue weighted by molar-refractivity contribution is 6.34. The first-order valence-corrected chi connectivity index (χ1v) is 11.3. The summed E-state index contributed by atoms with van der Waals surface area (Å²) < 4.78 is 10.6. The second-order valence-electron chi connectivity index (χ2n) is 8.13. The van der Waals surface area contributed by atoms with Gasteiger partial charge in [-0.1, -0.05) is 18.2 Å². The largest absolute Gasteiger partial charge is 0.494 e. The number of imide groups is 1. The topological polar surface area (TPSA) is 93.2 Å². The molecule has 0 atom stereocenters. The Labute approximate surface area is 201 Å². The number of fused-ring (bicyclic) bond motifs is 2. The highest BCUT2D eigenvalue weighted by Gasteiger charge is 2.37. The molecule has 2 aliphatic rings. The van der Waals surface area contributed by atoms with E-state index in [-0.39, 0.29) is 22.6 Å². The van der Waals surface area contributed by atoms with Crippen LogP contribution in [0.3, 0.4) is 0 Å². The van der Waals surface area contributed by atoms with Crippen LogP contribution in [0.5, 0.6) is 5.75 Å². The predicted molar refractivity (Wildman–Crippen MR) is 128 cm³/mol. The van der Waals surface area contributed by atoms with Crippen LogP contribution in [-0.4, -0.2) is 43.4 Å². The first kappa shape index (κ1) is 22.3. The third kappa shape index (κ3) is 4.03. The average molecular weight is 470 g/mol. The van der Waals surface area contributed by atoms with E-state index in [4.69, 9.17) is 9.47 Å². The quantitative estimate of drug-likeness (QED) is 0.404. The van der Waals surface area contributed by atoms with Crippen molar-refractivity contribution in [1.82, 2.24) is 0 Å². The number of rotatable bonds is 6. The van der Waals surface area contributed by atoms with Crippen LogP contribution >= 0.6 is 0 Å². The highest BCUT2D eigenvalue weighted by atomic mass is 16.5. The summed E-state index contributed by atoms with van der Waals surface area (Å²) in [7, 11) is 0. The molecule has 5 rings (SSSR count). The average Bonchev–Trinajstić information content (AvgIpc) is 3.42. The van der Waals surface area contributed by atoms with Crippen molar-refractivity contribution in [1.29, 1.82) is 0 Å². The van der Waals surface area contributed by atoms with Crippen LogP contribution in [0.4, 0.5) is 11.4 Å². The van der Waals surface area contributed by atoms with Gasteiger partial charge in [0, 0.05) is 12.2 Å². The lowest BCUT2D eigenvalue weighted by Crippen LogP contribution is -2.33. The first-order chi connectivity index (χ1) is 17.0. The number of anilines is 2. The van der Waals surface area contributed by atoms with Gasteiger partial charge in [0.2, 0.25) is 0 Å². The number of ether oxygens (including phenoxy) is 2. The molecule has 2 heterocycles. The molecule has 0 aliphatic carbocycles. The first-order valence-electron chi connectivity index (χ1n) is 11.3. The van der Waals surface area contributed by atoms with Crippen molar-refractivity contribution in [2.45, 2.75) is 13.3 Å². The Hall–Kier alpha value is -4.46. The zero-order valence-electron chi connectivity index (χ0n) is 19.0. The molecular weight excluding hydrogens is 448 g/mol. The molecule has 3 amide bonds. The van der Waals surface area contributed by atoms with Gasteiger partial charge in [-0.05, 0) is 67.4 Å². The summed E-state index contributed by atoms with van der Waals surface area (Å²) in [4.78, 5) is 53.8. The number of nitrogens with zero attached hydrogens (tertiary/aromatic N) is 2. The molecule has 0 aromatic heterocycles. The van der Waals surface area contributed by atoms with Crippen LogP contribution in [0.2, 0.25) is 0 Å². The third-order valence-electron chi connectivity index (χ3n) is 6.04. The maximum atomic E-state index is 13.0. The van der Waals surface area contributed by atoms with Gasteiger partial charge in [-0.3, -0.25) is 14.4 Å². The molecule has 8 heteroatoms. The van der Waals surface area contributed by atoms with E-state index in [1.54, 1.807) is 29.2 Å². The molecule has 0 bridgehead atoms. The number of esters is 1. The molecule has 8 nitrogen and oxygen atoms in total. The van der Waals surface area contributed by atoms with Gasteiger partial charge in [0.1, 0.15) is 5.75 Å². The lowest BCUT2D eigenvalue weighted by Gasteiger charge is -2.17. The van der Waals surface area contributed by atoms with Gasteiger partial charge in [0.25, 0.3) is 17.7 Å². The SMILES string of the molecule is CCOc1ccc(N2C(=O)c3ccc(C(=O)OCC(=O)N4CCc5ccccc54)cc3C2=O)cc1. The summed E-state index contributed by atoms with van der Waals surface area (Å²) in [5, 5.41) is 0. The van der Waals surface area contributed by atoms with Gasteiger partial charge in [-0.2, -0.15) is 0 Å². The van der Waals surface area contributed by atoms with E-state index in [0.29, 0.717) is 24.6 Å². The summed E-state index contributed by atoms with van der Waals surface area (Å²) >= 11 is 0. The second-order valence-corrected chi connectivity index (χ2v) is 8.13. The van der Waals surface area contributed by atoms with Crippen molar-refractivity contribution in [2.75, 3.05) is 29.6 Å². The number of carbonyl (C=O) groups is 4. The lowest BCUT2D eigenvalue weighted by molar-refractivity contribution is -0.121. The molecule has 35 heavy (non-hydrogen) atoms. The molecule has 0 unspecified atom stereocenters. The summed E-state index contributed by atoms with van der Waals surface area (Å²) in [5.74, 6) is -1.44. The van der Waals surface area contributed by atoms with E-state index in [1.807, 2.05) is 31.2 Å². The van der Waals surface area contributed by atoms with Crippen molar-refractivity contribution >= 4 is 35.1 Å². The minimum atomic E-state index is -0.742. The molecule has 0 saturated heterocycles. The van der Waals surface area contributed by atoms with Crippen LogP contribution in [0.1, 0.15) is 43.6 Å². The van der Waals surface area contributed by atoms with Crippen LogP contribution in [0, 0.1) is 0 Å². The Kier molecular flexibility index (Phi) is 5.78. The van der Waals surface area contributed by atoms with Crippen LogP contribution in [0.15, 0.2) is 66.7 Å². The van der Waals surface area contributed by atoms with E-state index in [9.17, 15) is 19.2 Å². The van der Waals surface area contributed by atoms with Gasteiger partial charge < -0.3 is 14.4 Å². The number of amides is 3. The minimum absolute atomic E-state index is 0.0908. The molecule has 0 fully saturated rings. The van der Waals surface area contributed by atoms with Crippen molar-refractivity contribution < 1.29 is 28.7 Å². The molecule has 2 aliphatic heterocycles. The van der Waals surface area contributed by atoms with E-state index < -0.39 is 24.4 Å². The van der Waals surface area contributed by atoms with Gasteiger partial charge >= 0.3 is 5.97 Å². The Morgan fingerprint density at radius 3 is 2.43 bits per heavy atom. The lowest BCUT2D eigenvalue weighted by atomic mass is 10.1. The van der Waals surface area contributed by atoms with Crippen molar-refractivity contribution in [3.05, 3.63) is 89.0 Å². The number of hydrogen-bond acceptors (Lipinski definition) is 6.